The van der Waals surface area contributed by atoms with E-state index in [0.29, 0.717) is 23.4 Å². The molecule has 1 aromatic carbocycles. The van der Waals surface area contributed by atoms with E-state index in [0.717, 1.165) is 17.9 Å². The van der Waals surface area contributed by atoms with Crippen molar-refractivity contribution in [2.45, 2.75) is 45.6 Å². The summed E-state index contributed by atoms with van der Waals surface area (Å²) in [5.41, 5.74) is 6.75. The van der Waals surface area contributed by atoms with Gasteiger partial charge in [-0.3, -0.25) is 4.79 Å². The molecule has 0 radical (unpaired) electrons. The summed E-state index contributed by atoms with van der Waals surface area (Å²) in [5, 5.41) is 3.59. The summed E-state index contributed by atoms with van der Waals surface area (Å²) in [7, 11) is 1.64. The summed E-state index contributed by atoms with van der Waals surface area (Å²) in [5.74, 6) is 1.65. The lowest BCUT2D eigenvalue weighted by Crippen LogP contribution is -2.35. The summed E-state index contributed by atoms with van der Waals surface area (Å²) < 4.78 is 5.40. The van der Waals surface area contributed by atoms with E-state index in [1.54, 1.807) is 25.3 Å². The molecule has 1 aliphatic carbocycles. The number of nitrogens with two attached hydrogens (primary N) is 1. The van der Waals surface area contributed by atoms with Crippen LogP contribution in [0.3, 0.4) is 0 Å². The van der Waals surface area contributed by atoms with Gasteiger partial charge < -0.3 is 15.8 Å². The normalized spacial score (nSPS) is 22.1. The van der Waals surface area contributed by atoms with E-state index in [2.05, 4.69) is 19.2 Å². The molecule has 4 heteroatoms. The van der Waals surface area contributed by atoms with Gasteiger partial charge in [-0.15, -0.1) is 0 Å². The molecule has 0 saturated heterocycles. The second-order valence-electron chi connectivity index (χ2n) is 6.22. The Balaban J connectivity index is 2.23. The van der Waals surface area contributed by atoms with Gasteiger partial charge in [0.15, 0.2) is 0 Å². The maximum Gasteiger partial charge on any atom is 0.248 e. The smallest absolute Gasteiger partial charge is 0.248 e. The summed E-state index contributed by atoms with van der Waals surface area (Å²) >= 11 is 0. The van der Waals surface area contributed by atoms with Crippen molar-refractivity contribution < 1.29 is 9.53 Å². The summed E-state index contributed by atoms with van der Waals surface area (Å²) in [6.45, 7) is 4.56. The second-order valence-corrected chi connectivity index (χ2v) is 6.22. The van der Waals surface area contributed by atoms with E-state index in [1.165, 1.54) is 19.3 Å². The molecule has 116 valence electrons. The zero-order valence-electron chi connectivity index (χ0n) is 13.2. The molecule has 3 N–H and O–H groups in total. The van der Waals surface area contributed by atoms with Gasteiger partial charge in [-0.25, -0.2) is 0 Å². The second kappa shape index (κ2) is 6.83. The highest BCUT2D eigenvalue weighted by molar-refractivity contribution is 5.94. The molecular formula is C17H26N2O2. The van der Waals surface area contributed by atoms with Gasteiger partial charge in [-0.05, 0) is 42.9 Å². The zero-order valence-corrected chi connectivity index (χ0v) is 13.2. The molecule has 0 spiro atoms. The number of hydrogen-bond donors (Lipinski definition) is 2. The fourth-order valence-electron chi connectivity index (χ4n) is 3.31. The van der Waals surface area contributed by atoms with E-state index in [1.807, 2.05) is 0 Å². The molecule has 0 aromatic heterocycles. The summed E-state index contributed by atoms with van der Waals surface area (Å²) in [6.07, 6.45) is 4.97. The monoisotopic (exact) mass is 290 g/mol. The zero-order chi connectivity index (χ0) is 15.4. The maximum absolute atomic E-state index is 11.4. The van der Waals surface area contributed by atoms with Crippen molar-refractivity contribution in [3.05, 3.63) is 23.8 Å². The maximum atomic E-state index is 11.4. The number of benzene rings is 1. The number of carbonyl (C=O) groups excluding carboxylic acids is 1. The Morgan fingerprint density at radius 3 is 2.67 bits per heavy atom. The van der Waals surface area contributed by atoms with Crippen LogP contribution in [0.15, 0.2) is 18.2 Å². The van der Waals surface area contributed by atoms with Crippen molar-refractivity contribution >= 4 is 11.6 Å². The van der Waals surface area contributed by atoms with Gasteiger partial charge in [0.2, 0.25) is 5.91 Å². The van der Waals surface area contributed by atoms with Crippen molar-refractivity contribution in [1.29, 1.82) is 0 Å². The Kier molecular flexibility index (Phi) is 5.10. The molecule has 0 aliphatic heterocycles. The number of methoxy groups -OCH3 is 1. The third-order valence-electron chi connectivity index (χ3n) is 4.50. The highest BCUT2D eigenvalue weighted by atomic mass is 16.5. The van der Waals surface area contributed by atoms with Crippen LogP contribution in [0.1, 0.15) is 49.9 Å². The van der Waals surface area contributed by atoms with Gasteiger partial charge in [0.1, 0.15) is 5.75 Å². The van der Waals surface area contributed by atoms with Crippen LogP contribution in [0.25, 0.3) is 0 Å². The van der Waals surface area contributed by atoms with Crippen LogP contribution in [0.4, 0.5) is 5.69 Å². The molecule has 1 fully saturated rings. The fourth-order valence-corrected chi connectivity index (χ4v) is 3.31. The van der Waals surface area contributed by atoms with Gasteiger partial charge in [0.25, 0.3) is 0 Å². The lowest BCUT2D eigenvalue weighted by Gasteiger charge is -2.36. The molecule has 0 bridgehead atoms. The average molecular weight is 290 g/mol. The summed E-state index contributed by atoms with van der Waals surface area (Å²) in [6, 6.07) is 5.73. The number of carbonyl (C=O) groups is 1. The number of rotatable bonds is 5. The van der Waals surface area contributed by atoms with Crippen molar-refractivity contribution in [2.75, 3.05) is 12.4 Å². The van der Waals surface area contributed by atoms with Crippen LogP contribution in [0, 0.1) is 11.8 Å². The third kappa shape index (κ3) is 3.69. The molecule has 1 aromatic rings. The van der Waals surface area contributed by atoms with Crippen molar-refractivity contribution in [3.8, 4) is 5.75 Å². The van der Waals surface area contributed by atoms with E-state index >= 15 is 0 Å². The van der Waals surface area contributed by atoms with Crippen LogP contribution in [-0.2, 0) is 0 Å². The number of amides is 1. The number of anilines is 1. The first kappa shape index (κ1) is 15.7. The first-order chi connectivity index (χ1) is 10.0. The molecule has 2 atom stereocenters. The lowest BCUT2D eigenvalue weighted by molar-refractivity contribution is 0.100. The Bertz CT molecular complexity index is 500. The van der Waals surface area contributed by atoms with Gasteiger partial charge in [-0.2, -0.15) is 0 Å². The van der Waals surface area contributed by atoms with Gasteiger partial charge in [-0.1, -0.05) is 26.7 Å². The minimum atomic E-state index is -0.412. The predicted molar refractivity (Wildman–Crippen MR) is 85.7 cm³/mol. The molecule has 1 saturated carbocycles. The fraction of sp³-hybridized carbons (Fsp3) is 0.588. The van der Waals surface area contributed by atoms with Crippen LogP contribution in [0.2, 0.25) is 0 Å². The van der Waals surface area contributed by atoms with Crippen molar-refractivity contribution in [1.82, 2.24) is 0 Å². The highest BCUT2D eigenvalue weighted by Crippen LogP contribution is 2.35. The van der Waals surface area contributed by atoms with Gasteiger partial charge in [0.05, 0.1) is 12.8 Å². The van der Waals surface area contributed by atoms with Crippen molar-refractivity contribution in [3.63, 3.8) is 0 Å². The third-order valence-corrected chi connectivity index (χ3v) is 4.50. The standard InChI is InChI=1S/C17H26N2O2/c1-11(2)13-6-4-5-7-14(13)19-15-10-12(17(18)20)8-9-16(15)21-3/h8-11,13-14,19H,4-7H2,1-3H3,(H2,18,20). The molecule has 0 heterocycles. The van der Waals surface area contributed by atoms with Crippen molar-refractivity contribution in [2.24, 2.45) is 17.6 Å². The number of primary amides is 1. The SMILES string of the molecule is COc1ccc(C(N)=O)cc1NC1CCCCC1C(C)C. The van der Waals surface area contributed by atoms with Crippen LogP contribution in [-0.4, -0.2) is 19.1 Å². The summed E-state index contributed by atoms with van der Waals surface area (Å²) in [4.78, 5) is 11.4. The topological polar surface area (TPSA) is 64.3 Å². The first-order valence-corrected chi connectivity index (χ1v) is 7.77. The largest absolute Gasteiger partial charge is 0.495 e. The Hall–Kier alpha value is -1.71. The Labute approximate surface area is 127 Å². The first-order valence-electron chi connectivity index (χ1n) is 7.77. The molecule has 1 amide bonds. The van der Waals surface area contributed by atoms with Gasteiger partial charge >= 0.3 is 0 Å². The quantitative estimate of drug-likeness (QED) is 0.873. The van der Waals surface area contributed by atoms with E-state index < -0.39 is 5.91 Å². The minimum absolute atomic E-state index is 0.412. The van der Waals surface area contributed by atoms with Gasteiger partial charge in [0, 0.05) is 11.6 Å². The van der Waals surface area contributed by atoms with E-state index in [9.17, 15) is 4.79 Å². The minimum Gasteiger partial charge on any atom is -0.495 e. The van der Waals surface area contributed by atoms with Crippen LogP contribution in [0.5, 0.6) is 5.75 Å². The highest BCUT2D eigenvalue weighted by Gasteiger charge is 2.28. The number of ether oxygens (including phenoxy) is 1. The van der Waals surface area contributed by atoms with E-state index in [-0.39, 0.29) is 0 Å². The molecular weight excluding hydrogens is 264 g/mol. The average Bonchev–Trinajstić information content (AvgIpc) is 2.47. The number of nitrogens with one attached hydrogen (secondary N) is 1. The lowest BCUT2D eigenvalue weighted by atomic mass is 9.77. The predicted octanol–water partition coefficient (Wildman–Crippen LogP) is 3.42. The molecule has 2 rings (SSSR count). The molecule has 21 heavy (non-hydrogen) atoms. The van der Waals surface area contributed by atoms with Crippen LogP contribution >= 0.6 is 0 Å². The number of hydrogen-bond acceptors (Lipinski definition) is 3. The molecule has 4 nitrogen and oxygen atoms in total. The Morgan fingerprint density at radius 1 is 1.33 bits per heavy atom. The Morgan fingerprint density at radius 2 is 2.05 bits per heavy atom. The molecule has 1 aliphatic rings. The molecule has 2 unspecified atom stereocenters. The van der Waals surface area contributed by atoms with E-state index in [4.69, 9.17) is 10.5 Å². The van der Waals surface area contributed by atoms with Crippen LogP contribution < -0.4 is 15.8 Å².